The molecular weight excluding hydrogens is 430 g/mol. The lowest BCUT2D eigenvalue weighted by Gasteiger charge is -2.31. The van der Waals surface area contributed by atoms with Gasteiger partial charge in [-0.3, -0.25) is 0 Å². The fourth-order valence-electron chi connectivity index (χ4n) is 4.67. The summed E-state index contributed by atoms with van der Waals surface area (Å²) in [5.74, 6) is 1.86. The number of phenolic OH excluding ortho intramolecular Hbond substituents is 1. The van der Waals surface area contributed by atoms with Gasteiger partial charge in [0.1, 0.15) is 11.5 Å². The van der Waals surface area contributed by atoms with Gasteiger partial charge < -0.3 is 25.2 Å². The lowest BCUT2D eigenvalue weighted by atomic mass is 9.89. The molecule has 0 bridgehead atoms. The second-order valence-corrected chi connectivity index (χ2v) is 8.58. The molecule has 2 aromatic heterocycles. The van der Waals surface area contributed by atoms with E-state index in [2.05, 4.69) is 32.4 Å². The van der Waals surface area contributed by atoms with Crippen LogP contribution in [0.25, 0.3) is 16.8 Å². The maximum atomic E-state index is 10.3. The van der Waals surface area contributed by atoms with Gasteiger partial charge in [-0.2, -0.15) is 0 Å². The van der Waals surface area contributed by atoms with E-state index in [4.69, 9.17) is 9.84 Å². The van der Waals surface area contributed by atoms with E-state index < -0.39 is 0 Å². The van der Waals surface area contributed by atoms with Gasteiger partial charge in [0.25, 0.3) is 0 Å². The van der Waals surface area contributed by atoms with Crippen molar-refractivity contribution in [1.82, 2.24) is 19.5 Å². The van der Waals surface area contributed by atoms with Gasteiger partial charge in [0.05, 0.1) is 36.8 Å². The van der Waals surface area contributed by atoms with Crippen LogP contribution < -0.4 is 10.1 Å². The van der Waals surface area contributed by atoms with Crippen LogP contribution in [0.5, 0.6) is 11.5 Å². The number of para-hydroxylation sites is 1. The minimum atomic E-state index is 0.204. The number of phenols is 1. The molecule has 0 atom stereocenters. The number of β-amino-alcohol motifs (C(OH)–C–C–N with tert-alkyl or cyclic N) is 1. The maximum absolute atomic E-state index is 10.3. The zero-order valence-electron chi connectivity index (χ0n) is 19.2. The number of fused-ring (bicyclic) bond motifs is 1. The van der Waals surface area contributed by atoms with Crippen molar-refractivity contribution in [1.29, 1.82) is 0 Å². The first-order valence-electron chi connectivity index (χ1n) is 11.6. The molecule has 1 saturated heterocycles. The Hall–Kier alpha value is -3.62. The highest BCUT2D eigenvalue weighted by atomic mass is 16.5. The Morgan fingerprint density at radius 1 is 1.09 bits per heavy atom. The van der Waals surface area contributed by atoms with Gasteiger partial charge >= 0.3 is 0 Å². The zero-order chi connectivity index (χ0) is 23.5. The second-order valence-electron chi connectivity index (χ2n) is 8.58. The molecule has 8 heteroatoms. The molecule has 1 aliphatic heterocycles. The molecular formula is C26H29N5O3. The number of nitrogens with zero attached hydrogens (tertiary/aromatic N) is 4. The first-order chi connectivity index (χ1) is 16.7. The van der Waals surface area contributed by atoms with Gasteiger partial charge in [-0.25, -0.2) is 9.50 Å². The van der Waals surface area contributed by atoms with E-state index in [0.29, 0.717) is 17.4 Å². The summed E-state index contributed by atoms with van der Waals surface area (Å²) < 4.78 is 7.46. The summed E-state index contributed by atoms with van der Waals surface area (Å²) in [6.07, 6.45) is 3.89. The molecule has 0 amide bonds. The second kappa shape index (κ2) is 9.70. The molecule has 1 fully saturated rings. The highest BCUT2D eigenvalue weighted by molar-refractivity contribution is 5.72. The van der Waals surface area contributed by atoms with E-state index in [1.54, 1.807) is 30.0 Å². The van der Waals surface area contributed by atoms with E-state index in [1.807, 2.05) is 30.3 Å². The Kier molecular flexibility index (Phi) is 6.33. The van der Waals surface area contributed by atoms with Gasteiger partial charge in [0.15, 0.2) is 0 Å². The van der Waals surface area contributed by atoms with Crippen molar-refractivity contribution < 1.29 is 14.9 Å². The minimum Gasteiger partial charge on any atom is -0.507 e. The third kappa shape index (κ3) is 4.42. The first-order valence-corrected chi connectivity index (χ1v) is 11.6. The number of rotatable bonds is 7. The molecule has 0 aliphatic carbocycles. The first kappa shape index (κ1) is 22.2. The summed E-state index contributed by atoms with van der Waals surface area (Å²) in [6.45, 7) is 2.95. The predicted octanol–water partition coefficient (Wildman–Crippen LogP) is 4.03. The number of piperidine rings is 1. The van der Waals surface area contributed by atoms with Crippen molar-refractivity contribution in [2.45, 2.75) is 18.8 Å². The summed E-state index contributed by atoms with van der Waals surface area (Å²) in [7, 11) is 1.67. The third-order valence-corrected chi connectivity index (χ3v) is 6.53. The lowest BCUT2D eigenvalue weighted by Crippen LogP contribution is -2.34. The third-order valence-electron chi connectivity index (χ3n) is 6.53. The van der Waals surface area contributed by atoms with E-state index in [9.17, 15) is 5.11 Å². The smallest absolute Gasteiger partial charge is 0.245 e. The number of aromatic hydroxyl groups is 1. The van der Waals surface area contributed by atoms with Gasteiger partial charge in [-0.15, -0.1) is 5.10 Å². The number of aliphatic hydroxyl groups excluding tert-OH is 1. The average Bonchev–Trinajstić information content (AvgIpc) is 3.28. The Balaban J connectivity index is 1.38. The van der Waals surface area contributed by atoms with Crippen LogP contribution in [0.4, 0.5) is 11.6 Å². The van der Waals surface area contributed by atoms with E-state index >= 15 is 0 Å². The molecule has 4 aromatic rings. The molecule has 8 nitrogen and oxygen atoms in total. The number of ether oxygens (including phenoxy) is 1. The van der Waals surface area contributed by atoms with E-state index in [0.717, 1.165) is 55.1 Å². The van der Waals surface area contributed by atoms with Crippen LogP contribution in [-0.2, 0) is 0 Å². The lowest BCUT2D eigenvalue weighted by molar-refractivity contribution is 0.164. The SMILES string of the molecule is COc1cc(C2CCN(CCO)CC2)ccc1Nc1ncc2ccc(-c3ccccc3O)n2n1. The van der Waals surface area contributed by atoms with Crippen molar-refractivity contribution in [2.75, 3.05) is 38.7 Å². The number of aliphatic hydroxyl groups is 1. The fraction of sp³-hybridized carbons (Fsp3) is 0.308. The van der Waals surface area contributed by atoms with Crippen molar-refractivity contribution >= 4 is 17.2 Å². The van der Waals surface area contributed by atoms with Crippen LogP contribution in [0.2, 0.25) is 0 Å². The summed E-state index contributed by atoms with van der Waals surface area (Å²) in [5, 5.41) is 27.4. The molecule has 5 rings (SSSR count). The van der Waals surface area contributed by atoms with Crippen LogP contribution in [0, 0.1) is 0 Å². The van der Waals surface area contributed by atoms with Crippen LogP contribution >= 0.6 is 0 Å². The topological polar surface area (TPSA) is 95.2 Å². The van der Waals surface area contributed by atoms with Gasteiger partial charge in [-0.05, 0) is 73.8 Å². The van der Waals surface area contributed by atoms with Crippen molar-refractivity contribution in [3.05, 3.63) is 66.4 Å². The molecule has 176 valence electrons. The standard InChI is InChI=1S/C26H29N5O3/c1-34-25-16-19(18-10-12-30(13-11-18)14-15-32)6-8-22(25)28-26-27-17-20-7-9-23(31(20)29-26)21-4-2-3-5-24(21)33/h2-9,16-18,32-33H,10-15H2,1H3,(H,28,29). The van der Waals surface area contributed by atoms with E-state index in [-0.39, 0.29) is 12.4 Å². The highest BCUT2D eigenvalue weighted by Gasteiger charge is 2.21. The zero-order valence-corrected chi connectivity index (χ0v) is 19.2. The molecule has 2 aromatic carbocycles. The summed E-state index contributed by atoms with van der Waals surface area (Å²) in [4.78, 5) is 6.77. The van der Waals surface area contributed by atoms with Gasteiger partial charge in [-0.1, -0.05) is 18.2 Å². The predicted molar refractivity (Wildman–Crippen MR) is 132 cm³/mol. The largest absolute Gasteiger partial charge is 0.507 e. The molecule has 0 radical (unpaired) electrons. The summed E-state index contributed by atoms with van der Waals surface area (Å²) in [5.41, 5.74) is 4.38. The molecule has 0 saturated carbocycles. The molecule has 1 aliphatic rings. The van der Waals surface area contributed by atoms with Crippen LogP contribution in [0.15, 0.2) is 60.8 Å². The fourth-order valence-corrected chi connectivity index (χ4v) is 4.67. The van der Waals surface area contributed by atoms with Crippen LogP contribution in [-0.4, -0.2) is 63.1 Å². The Bertz CT molecular complexity index is 1280. The summed E-state index contributed by atoms with van der Waals surface area (Å²) in [6, 6.07) is 17.3. The van der Waals surface area contributed by atoms with Crippen LogP contribution in [0.3, 0.4) is 0 Å². The van der Waals surface area contributed by atoms with Gasteiger partial charge in [0.2, 0.25) is 5.95 Å². The number of methoxy groups -OCH3 is 1. The molecule has 3 heterocycles. The Labute approximate surface area is 198 Å². The van der Waals surface area contributed by atoms with Crippen molar-refractivity contribution in [3.8, 4) is 22.8 Å². The maximum Gasteiger partial charge on any atom is 0.245 e. The number of hydrogen-bond donors (Lipinski definition) is 3. The number of hydrogen-bond acceptors (Lipinski definition) is 7. The van der Waals surface area contributed by atoms with Gasteiger partial charge in [0, 0.05) is 12.1 Å². The molecule has 34 heavy (non-hydrogen) atoms. The normalized spacial score (nSPS) is 15.0. The quantitative estimate of drug-likeness (QED) is 0.384. The molecule has 0 spiro atoms. The number of likely N-dealkylation sites (tertiary alicyclic amines) is 1. The molecule has 3 N–H and O–H groups in total. The number of nitrogens with one attached hydrogen (secondary N) is 1. The van der Waals surface area contributed by atoms with E-state index in [1.165, 1.54) is 5.56 Å². The summed E-state index contributed by atoms with van der Waals surface area (Å²) >= 11 is 0. The number of anilines is 2. The number of aromatic nitrogens is 3. The Morgan fingerprint density at radius 3 is 2.68 bits per heavy atom. The van der Waals surface area contributed by atoms with Crippen LogP contribution in [0.1, 0.15) is 24.3 Å². The number of benzene rings is 2. The minimum absolute atomic E-state index is 0.204. The molecule has 0 unspecified atom stereocenters. The highest BCUT2D eigenvalue weighted by Crippen LogP contribution is 2.35. The van der Waals surface area contributed by atoms with Crippen molar-refractivity contribution in [3.63, 3.8) is 0 Å². The average molecular weight is 460 g/mol. The Morgan fingerprint density at radius 2 is 1.91 bits per heavy atom. The van der Waals surface area contributed by atoms with Crippen molar-refractivity contribution in [2.24, 2.45) is 0 Å². The monoisotopic (exact) mass is 459 g/mol.